The Bertz CT molecular complexity index is 1220. The molecule has 13 heteroatoms. The van der Waals surface area contributed by atoms with Gasteiger partial charge >= 0.3 is 6.18 Å². The number of nitrogens with zero attached hydrogens (tertiary/aromatic N) is 2. The van der Waals surface area contributed by atoms with Crippen molar-refractivity contribution >= 4 is 11.8 Å². The SMILES string of the molecule is C[C@@H]1CC[C@H](C(=O)N[C@@H](c2cc(F)c(C(F)(F)F)cc2F)[C@H]2C[C@H](O)C2)N1C(=O)c1ccnc(C(F)F)c1. The lowest BCUT2D eigenvalue weighted by Gasteiger charge is -2.39. The maximum Gasteiger partial charge on any atom is 0.419 e. The number of alkyl halides is 5. The molecule has 2 fully saturated rings. The van der Waals surface area contributed by atoms with Crippen LogP contribution in [-0.4, -0.2) is 45.0 Å². The van der Waals surface area contributed by atoms with Crippen LogP contribution >= 0.6 is 0 Å². The van der Waals surface area contributed by atoms with E-state index in [1.807, 2.05) is 0 Å². The van der Waals surface area contributed by atoms with Gasteiger partial charge in [0.1, 0.15) is 23.4 Å². The highest BCUT2D eigenvalue weighted by Crippen LogP contribution is 2.41. The number of aliphatic hydroxyl groups excluding tert-OH is 1. The topological polar surface area (TPSA) is 82.5 Å². The summed E-state index contributed by atoms with van der Waals surface area (Å²) >= 11 is 0. The highest BCUT2D eigenvalue weighted by molar-refractivity contribution is 5.98. The summed E-state index contributed by atoms with van der Waals surface area (Å²) in [6, 6.07) is -0.283. The lowest BCUT2D eigenvalue weighted by molar-refractivity contribution is -0.140. The van der Waals surface area contributed by atoms with Crippen molar-refractivity contribution in [2.75, 3.05) is 0 Å². The van der Waals surface area contributed by atoms with Crippen LogP contribution in [0.5, 0.6) is 0 Å². The zero-order valence-electron chi connectivity index (χ0n) is 20.0. The van der Waals surface area contributed by atoms with E-state index in [0.717, 1.165) is 12.3 Å². The number of carbonyl (C=O) groups excluding carboxylic acids is 2. The second-order valence-electron chi connectivity index (χ2n) is 9.65. The second kappa shape index (κ2) is 10.5. The van der Waals surface area contributed by atoms with Crippen molar-refractivity contribution in [2.24, 2.45) is 5.92 Å². The number of aliphatic hydroxyl groups is 1. The molecule has 1 aliphatic carbocycles. The monoisotopic (exact) mass is 547 g/mol. The number of benzene rings is 1. The van der Waals surface area contributed by atoms with Gasteiger partial charge in [-0.05, 0) is 62.8 Å². The Balaban J connectivity index is 1.61. The average Bonchev–Trinajstić information content (AvgIpc) is 3.22. The first-order chi connectivity index (χ1) is 17.8. The Morgan fingerprint density at radius 2 is 1.79 bits per heavy atom. The lowest BCUT2D eigenvalue weighted by Crippen LogP contribution is -2.51. The Morgan fingerprint density at radius 3 is 2.39 bits per heavy atom. The largest absolute Gasteiger partial charge is 0.419 e. The van der Waals surface area contributed by atoms with E-state index in [1.165, 1.54) is 11.0 Å². The first kappa shape index (κ1) is 27.8. The highest BCUT2D eigenvalue weighted by atomic mass is 19.4. The fourth-order valence-corrected chi connectivity index (χ4v) is 5.05. The van der Waals surface area contributed by atoms with Crippen molar-refractivity contribution in [3.63, 3.8) is 0 Å². The van der Waals surface area contributed by atoms with Crippen LogP contribution in [0.1, 0.15) is 72.3 Å². The molecule has 206 valence electrons. The third-order valence-electron chi connectivity index (χ3n) is 7.10. The van der Waals surface area contributed by atoms with Gasteiger partial charge in [-0.3, -0.25) is 14.6 Å². The van der Waals surface area contributed by atoms with E-state index in [2.05, 4.69) is 10.3 Å². The predicted molar refractivity (Wildman–Crippen MR) is 119 cm³/mol. The van der Waals surface area contributed by atoms with Crippen LogP contribution in [0.15, 0.2) is 30.5 Å². The normalized spacial score (nSPS) is 24.3. The number of amides is 2. The van der Waals surface area contributed by atoms with Gasteiger partial charge in [0.2, 0.25) is 5.91 Å². The molecule has 0 unspecified atom stereocenters. The molecule has 0 bridgehead atoms. The first-order valence-corrected chi connectivity index (χ1v) is 11.9. The van der Waals surface area contributed by atoms with Gasteiger partial charge in [0, 0.05) is 23.4 Å². The minimum atomic E-state index is -5.13. The molecule has 1 aromatic carbocycles. The molecule has 4 rings (SSSR count). The number of likely N-dealkylation sites (tertiary alicyclic amines) is 1. The molecular formula is C25H24F7N3O3. The fourth-order valence-electron chi connectivity index (χ4n) is 5.05. The minimum Gasteiger partial charge on any atom is -0.393 e. The van der Waals surface area contributed by atoms with Gasteiger partial charge in [-0.2, -0.15) is 13.2 Å². The van der Waals surface area contributed by atoms with Gasteiger partial charge in [0.25, 0.3) is 12.3 Å². The molecule has 2 aromatic rings. The number of nitrogens with one attached hydrogen (secondary N) is 1. The molecule has 0 spiro atoms. The summed E-state index contributed by atoms with van der Waals surface area (Å²) in [5, 5.41) is 12.3. The van der Waals surface area contributed by atoms with Crippen LogP contribution in [0.2, 0.25) is 0 Å². The lowest BCUT2D eigenvalue weighted by atomic mass is 9.74. The van der Waals surface area contributed by atoms with E-state index in [9.17, 15) is 45.4 Å². The molecule has 1 aromatic heterocycles. The molecule has 2 aliphatic rings. The van der Waals surface area contributed by atoms with Crippen molar-refractivity contribution in [3.8, 4) is 0 Å². The molecule has 1 aliphatic heterocycles. The number of rotatable bonds is 6. The van der Waals surface area contributed by atoms with E-state index in [1.54, 1.807) is 6.92 Å². The van der Waals surface area contributed by atoms with Crippen molar-refractivity contribution in [1.29, 1.82) is 0 Å². The Morgan fingerprint density at radius 1 is 1.11 bits per heavy atom. The van der Waals surface area contributed by atoms with Crippen molar-refractivity contribution in [3.05, 3.63) is 64.5 Å². The highest BCUT2D eigenvalue weighted by Gasteiger charge is 2.44. The van der Waals surface area contributed by atoms with Crippen molar-refractivity contribution in [1.82, 2.24) is 15.2 Å². The molecule has 6 nitrogen and oxygen atoms in total. The van der Waals surface area contributed by atoms with Gasteiger partial charge in [-0.1, -0.05) is 0 Å². The van der Waals surface area contributed by atoms with E-state index < -0.39 is 83.0 Å². The third kappa shape index (κ3) is 5.47. The predicted octanol–water partition coefficient (Wildman–Crippen LogP) is 4.94. The van der Waals surface area contributed by atoms with Crippen LogP contribution in [0.3, 0.4) is 0 Å². The summed E-state index contributed by atoms with van der Waals surface area (Å²) in [5.41, 5.74) is -3.04. The Hall–Kier alpha value is -3.22. The number of halogens is 7. The molecule has 1 saturated carbocycles. The summed E-state index contributed by atoms with van der Waals surface area (Å²) in [6.07, 6.45) is -7.05. The summed E-state index contributed by atoms with van der Waals surface area (Å²) in [6.45, 7) is 1.66. The quantitative estimate of drug-likeness (QED) is 0.503. The first-order valence-electron chi connectivity index (χ1n) is 11.9. The van der Waals surface area contributed by atoms with Crippen LogP contribution < -0.4 is 5.32 Å². The summed E-state index contributed by atoms with van der Waals surface area (Å²) in [7, 11) is 0. The maximum atomic E-state index is 14.8. The third-order valence-corrected chi connectivity index (χ3v) is 7.10. The second-order valence-corrected chi connectivity index (χ2v) is 9.65. The van der Waals surface area contributed by atoms with Crippen LogP contribution in [0.25, 0.3) is 0 Å². The number of aromatic nitrogens is 1. The molecule has 0 radical (unpaired) electrons. The van der Waals surface area contributed by atoms with Gasteiger partial charge < -0.3 is 15.3 Å². The van der Waals surface area contributed by atoms with Gasteiger partial charge in [0.05, 0.1) is 17.7 Å². The van der Waals surface area contributed by atoms with Crippen molar-refractivity contribution < 1.29 is 45.4 Å². The standard InChI is InChI=1S/C25H24F7N3O3/c1-11-2-3-20(35(11)24(38)12-4-5-33-19(8-12)22(28)29)23(37)34-21(13-6-14(36)7-13)15-9-18(27)16(10-17(15)26)25(30,31)32/h4-5,8-11,13-14,20-22,36H,2-3,6-7H2,1H3,(H,34,37)/t11-,13-,14-,20-,21-/m1/s1. The van der Waals surface area contributed by atoms with E-state index in [4.69, 9.17) is 0 Å². The molecule has 2 heterocycles. The number of pyridine rings is 1. The minimum absolute atomic E-state index is 0.0242. The molecule has 38 heavy (non-hydrogen) atoms. The summed E-state index contributed by atoms with van der Waals surface area (Å²) in [4.78, 5) is 31.3. The Kier molecular flexibility index (Phi) is 7.69. The van der Waals surface area contributed by atoms with E-state index in [-0.39, 0.29) is 30.9 Å². The van der Waals surface area contributed by atoms with Crippen LogP contribution in [0, 0.1) is 17.6 Å². The molecule has 3 atom stereocenters. The molecular weight excluding hydrogens is 523 g/mol. The summed E-state index contributed by atoms with van der Waals surface area (Å²) < 4.78 is 94.4. The van der Waals surface area contributed by atoms with Crippen LogP contribution in [-0.2, 0) is 11.0 Å². The molecule has 1 saturated heterocycles. The van der Waals surface area contributed by atoms with Gasteiger partial charge in [-0.15, -0.1) is 0 Å². The van der Waals surface area contributed by atoms with Crippen molar-refractivity contribution in [2.45, 2.75) is 69.4 Å². The summed E-state index contributed by atoms with van der Waals surface area (Å²) in [5.74, 6) is -5.17. The van der Waals surface area contributed by atoms with E-state index >= 15 is 0 Å². The van der Waals surface area contributed by atoms with E-state index in [0.29, 0.717) is 12.5 Å². The number of carbonyl (C=O) groups is 2. The average molecular weight is 547 g/mol. The maximum absolute atomic E-state index is 14.8. The zero-order valence-corrected chi connectivity index (χ0v) is 20.0. The smallest absolute Gasteiger partial charge is 0.393 e. The van der Waals surface area contributed by atoms with Gasteiger partial charge in [0.15, 0.2) is 0 Å². The fraction of sp³-hybridized carbons (Fsp3) is 0.480. The number of hydrogen-bond donors (Lipinski definition) is 2. The van der Waals surface area contributed by atoms with Gasteiger partial charge in [-0.25, -0.2) is 17.6 Å². The Labute approximate surface area is 212 Å². The number of hydrogen-bond acceptors (Lipinski definition) is 4. The zero-order chi connectivity index (χ0) is 27.9. The molecule has 2 N–H and O–H groups in total. The van der Waals surface area contributed by atoms with Crippen LogP contribution in [0.4, 0.5) is 30.7 Å². The molecule has 2 amide bonds.